The quantitative estimate of drug-likeness (QED) is 0.310. The molecule has 42 heavy (non-hydrogen) atoms. The summed E-state index contributed by atoms with van der Waals surface area (Å²) in [4.78, 5) is 28.9. The van der Waals surface area contributed by atoms with Crippen LogP contribution in [0.4, 0.5) is 29.1 Å². The van der Waals surface area contributed by atoms with Crippen LogP contribution in [-0.4, -0.2) is 40.1 Å². The first-order valence-electron chi connectivity index (χ1n) is 13.0. The van der Waals surface area contributed by atoms with Crippen molar-refractivity contribution in [1.82, 2.24) is 14.5 Å². The first-order chi connectivity index (χ1) is 20.1. The highest BCUT2D eigenvalue weighted by atomic mass is 19.4. The van der Waals surface area contributed by atoms with Crippen molar-refractivity contribution in [3.8, 4) is 11.5 Å². The molecule has 5 rings (SSSR count). The summed E-state index contributed by atoms with van der Waals surface area (Å²) in [7, 11) is 0. The van der Waals surface area contributed by atoms with Gasteiger partial charge in [0.1, 0.15) is 28.8 Å². The van der Waals surface area contributed by atoms with Crippen molar-refractivity contribution in [2.45, 2.75) is 38.8 Å². The zero-order chi connectivity index (χ0) is 29.9. The van der Waals surface area contributed by atoms with Crippen molar-refractivity contribution >= 4 is 11.5 Å². The molecule has 1 aromatic heterocycles. The van der Waals surface area contributed by atoms with Gasteiger partial charge in [0.15, 0.2) is 0 Å². The van der Waals surface area contributed by atoms with Gasteiger partial charge in [-0.15, -0.1) is 13.2 Å². The number of hydrogen-bond acceptors (Lipinski definition) is 8. The molecule has 1 unspecified atom stereocenters. The molecular formula is C28H27F4N5O5. The van der Waals surface area contributed by atoms with Gasteiger partial charge >= 0.3 is 12.1 Å². The maximum atomic E-state index is 13.8. The van der Waals surface area contributed by atoms with Gasteiger partial charge in [0, 0.05) is 32.3 Å². The number of aromatic nitrogens is 2. The lowest BCUT2D eigenvalue weighted by Crippen LogP contribution is -2.44. The highest BCUT2D eigenvalue weighted by molar-refractivity contribution is 5.72. The van der Waals surface area contributed by atoms with E-state index in [0.717, 1.165) is 22.3 Å². The molecule has 10 nitrogen and oxygen atoms in total. The van der Waals surface area contributed by atoms with Crippen molar-refractivity contribution in [2.75, 3.05) is 23.4 Å². The van der Waals surface area contributed by atoms with E-state index in [9.17, 15) is 32.3 Å². The molecule has 0 fully saturated rings. The number of anilines is 2. The van der Waals surface area contributed by atoms with Gasteiger partial charge in [-0.3, -0.25) is 13.9 Å². The lowest BCUT2D eigenvalue weighted by molar-refractivity contribution is -0.274. The molecule has 0 saturated carbocycles. The Labute approximate surface area is 236 Å². The average Bonchev–Trinajstić information content (AvgIpc) is 3.29. The summed E-state index contributed by atoms with van der Waals surface area (Å²) in [5, 5.41) is 15.5. The minimum atomic E-state index is -4.91. The zero-order valence-corrected chi connectivity index (χ0v) is 22.1. The third-order valence-corrected chi connectivity index (χ3v) is 6.56. The molecule has 1 atom stereocenters. The number of allylic oxidation sites excluding steroid dienone is 2. The highest BCUT2D eigenvalue weighted by Gasteiger charge is 2.37. The smallest absolute Gasteiger partial charge is 0.452 e. The van der Waals surface area contributed by atoms with Gasteiger partial charge in [-0.05, 0) is 54.1 Å². The standard InChI is InChI=1S/C28H27F4N5O5/c29-20-9-7-18(8-10-20)16-36-23-24(34-26(36)41-21-5-1-6-22(14-21)42-28(30,31)32)37(17-19-4-2-11-33-15-19)27(40)35(25(23)39)12-3-13-38/h1-2,4-11,14,26,33-34,38H,3,12-13,15-17H2. The second-order valence-electron chi connectivity index (χ2n) is 9.56. The Morgan fingerprint density at radius 1 is 1.02 bits per heavy atom. The number of dihydropyridines is 1. The number of rotatable bonds is 10. The Balaban J connectivity index is 1.60. The van der Waals surface area contributed by atoms with Gasteiger partial charge in [0.2, 0.25) is 0 Å². The molecular weight excluding hydrogens is 562 g/mol. The Kier molecular flexibility index (Phi) is 8.24. The van der Waals surface area contributed by atoms with Gasteiger partial charge in [-0.25, -0.2) is 9.18 Å². The molecule has 2 aliphatic rings. The summed E-state index contributed by atoms with van der Waals surface area (Å²) in [6, 6.07) is 10.4. The number of nitrogens with one attached hydrogen (secondary N) is 2. The summed E-state index contributed by atoms with van der Waals surface area (Å²) >= 11 is 0. The normalized spacial score (nSPS) is 16.0. The number of aliphatic hydroxyl groups is 1. The van der Waals surface area contributed by atoms with Gasteiger partial charge in [-0.2, -0.15) is 0 Å². The number of alkyl halides is 3. The maximum Gasteiger partial charge on any atom is 0.573 e. The Bertz CT molecular complexity index is 1610. The number of aliphatic hydroxyl groups excluding tert-OH is 1. The molecule has 0 aliphatic carbocycles. The van der Waals surface area contributed by atoms with E-state index < -0.39 is 35.5 Å². The van der Waals surface area contributed by atoms with Gasteiger partial charge in [-0.1, -0.05) is 24.3 Å². The van der Waals surface area contributed by atoms with E-state index in [-0.39, 0.29) is 49.9 Å². The van der Waals surface area contributed by atoms with E-state index in [4.69, 9.17) is 4.74 Å². The van der Waals surface area contributed by atoms with Crippen LogP contribution in [0.15, 0.2) is 82.0 Å². The minimum absolute atomic E-state index is 0.00927. The SMILES string of the molecule is O=c1c2c(n(CC3=CC=CNC3)c(=O)n1CCCO)NC(Oc1cccc(OC(F)(F)F)c1)N2Cc1ccc(F)cc1. The zero-order valence-electron chi connectivity index (χ0n) is 22.1. The Morgan fingerprint density at radius 3 is 2.48 bits per heavy atom. The van der Waals surface area contributed by atoms with Crippen LogP contribution in [0.3, 0.4) is 0 Å². The predicted molar refractivity (Wildman–Crippen MR) is 146 cm³/mol. The van der Waals surface area contributed by atoms with Gasteiger partial charge in [0.05, 0.1) is 6.54 Å². The van der Waals surface area contributed by atoms with Crippen LogP contribution in [0.25, 0.3) is 0 Å². The fraction of sp³-hybridized carbons (Fsp3) is 0.286. The van der Waals surface area contributed by atoms with Crippen molar-refractivity contribution < 1.29 is 32.1 Å². The van der Waals surface area contributed by atoms with E-state index in [1.54, 1.807) is 12.3 Å². The molecule has 0 saturated heterocycles. The van der Waals surface area contributed by atoms with Crippen molar-refractivity contribution in [2.24, 2.45) is 0 Å². The van der Waals surface area contributed by atoms with E-state index in [1.807, 2.05) is 6.08 Å². The topological polar surface area (TPSA) is 110 Å². The molecule has 2 aromatic carbocycles. The third kappa shape index (κ3) is 6.43. The highest BCUT2D eigenvalue weighted by Crippen LogP contribution is 2.35. The van der Waals surface area contributed by atoms with Crippen LogP contribution in [0.5, 0.6) is 11.5 Å². The second-order valence-corrected chi connectivity index (χ2v) is 9.56. The Morgan fingerprint density at radius 2 is 1.79 bits per heavy atom. The molecule has 14 heteroatoms. The molecule has 3 N–H and O–H groups in total. The molecule has 2 aliphatic heterocycles. The average molecular weight is 590 g/mol. The van der Waals surface area contributed by atoms with E-state index in [2.05, 4.69) is 15.4 Å². The number of nitrogens with zero attached hydrogens (tertiary/aromatic N) is 3. The number of ether oxygens (including phenoxy) is 2. The fourth-order valence-electron chi connectivity index (χ4n) is 4.70. The predicted octanol–water partition coefficient (Wildman–Crippen LogP) is 3.27. The molecule has 0 amide bonds. The molecule has 0 spiro atoms. The first-order valence-corrected chi connectivity index (χ1v) is 13.0. The molecule has 3 heterocycles. The van der Waals surface area contributed by atoms with Crippen molar-refractivity contribution in [3.05, 3.63) is 105 Å². The number of halogens is 4. The third-order valence-electron chi connectivity index (χ3n) is 6.56. The largest absolute Gasteiger partial charge is 0.573 e. The summed E-state index contributed by atoms with van der Waals surface area (Å²) in [5.74, 6) is -0.828. The first kappa shape index (κ1) is 28.8. The summed E-state index contributed by atoms with van der Waals surface area (Å²) in [6.45, 7) is 0.285. The van der Waals surface area contributed by atoms with Gasteiger partial charge in [0.25, 0.3) is 11.9 Å². The molecule has 222 valence electrons. The van der Waals surface area contributed by atoms with Gasteiger partial charge < -0.3 is 30.1 Å². The van der Waals surface area contributed by atoms with Crippen LogP contribution in [0.1, 0.15) is 12.0 Å². The second kappa shape index (κ2) is 12.0. The molecule has 3 aromatic rings. The lowest BCUT2D eigenvalue weighted by Gasteiger charge is -2.27. The van der Waals surface area contributed by atoms with Crippen molar-refractivity contribution in [3.63, 3.8) is 0 Å². The number of fused-ring (bicyclic) bond motifs is 1. The molecule has 0 radical (unpaired) electrons. The Hall–Kier alpha value is -4.72. The maximum absolute atomic E-state index is 13.8. The summed E-state index contributed by atoms with van der Waals surface area (Å²) < 4.78 is 64.6. The summed E-state index contributed by atoms with van der Waals surface area (Å²) in [6.07, 6.45) is -0.550. The summed E-state index contributed by atoms with van der Waals surface area (Å²) in [5.41, 5.74) is 0.243. The number of benzene rings is 2. The van der Waals surface area contributed by atoms with Crippen LogP contribution >= 0.6 is 0 Å². The lowest BCUT2D eigenvalue weighted by atomic mass is 10.2. The van der Waals surface area contributed by atoms with Crippen LogP contribution in [-0.2, 0) is 19.6 Å². The van der Waals surface area contributed by atoms with E-state index in [1.165, 1.54) is 45.9 Å². The monoisotopic (exact) mass is 589 g/mol. The van der Waals surface area contributed by atoms with E-state index in [0.29, 0.717) is 12.1 Å². The van der Waals surface area contributed by atoms with Crippen molar-refractivity contribution in [1.29, 1.82) is 0 Å². The minimum Gasteiger partial charge on any atom is -0.452 e. The molecule has 0 bridgehead atoms. The van der Waals surface area contributed by atoms with Crippen LogP contribution in [0.2, 0.25) is 0 Å². The van der Waals surface area contributed by atoms with E-state index >= 15 is 0 Å². The van der Waals surface area contributed by atoms with Crippen LogP contribution < -0.4 is 36.3 Å². The van der Waals surface area contributed by atoms with Crippen LogP contribution in [0, 0.1) is 5.82 Å². The number of hydrogen-bond donors (Lipinski definition) is 3. The fourth-order valence-corrected chi connectivity index (χ4v) is 4.70.